The van der Waals surface area contributed by atoms with Crippen molar-refractivity contribution in [3.63, 3.8) is 0 Å². The second-order valence-corrected chi connectivity index (χ2v) is 7.85. The summed E-state index contributed by atoms with van der Waals surface area (Å²) in [5.41, 5.74) is 0.501. The van der Waals surface area contributed by atoms with Gasteiger partial charge in [0.15, 0.2) is 15.9 Å². The van der Waals surface area contributed by atoms with Crippen molar-refractivity contribution in [1.82, 2.24) is 0 Å². The van der Waals surface area contributed by atoms with Crippen molar-refractivity contribution in [3.05, 3.63) is 53.6 Å². The van der Waals surface area contributed by atoms with E-state index in [2.05, 4.69) is 5.32 Å². The SMILES string of the molecule is CCS(=O)(=O)c1ccc(NC(=O)[C@H](C)Oc2ccc(Cl)cc2)cc1. The first kappa shape index (κ1) is 18.3. The minimum atomic E-state index is -3.25. The average Bonchev–Trinajstić information content (AvgIpc) is 2.57. The summed E-state index contributed by atoms with van der Waals surface area (Å²) in [6, 6.07) is 12.7. The molecule has 2 aromatic rings. The Balaban J connectivity index is 1.99. The summed E-state index contributed by atoms with van der Waals surface area (Å²) in [6.45, 7) is 3.21. The minimum absolute atomic E-state index is 0.0324. The fraction of sp³-hybridized carbons (Fsp3) is 0.235. The number of rotatable bonds is 6. The van der Waals surface area contributed by atoms with E-state index in [1.807, 2.05) is 0 Å². The molecule has 7 heteroatoms. The molecule has 0 aliphatic carbocycles. The lowest BCUT2D eigenvalue weighted by Crippen LogP contribution is -2.30. The van der Waals surface area contributed by atoms with Crippen LogP contribution in [0.2, 0.25) is 5.02 Å². The van der Waals surface area contributed by atoms with Crippen LogP contribution in [0, 0.1) is 0 Å². The van der Waals surface area contributed by atoms with Crippen LogP contribution in [0.25, 0.3) is 0 Å². The molecule has 0 saturated carbocycles. The number of nitrogens with one attached hydrogen (secondary N) is 1. The molecule has 128 valence electrons. The van der Waals surface area contributed by atoms with E-state index >= 15 is 0 Å². The second-order valence-electron chi connectivity index (χ2n) is 5.13. The highest BCUT2D eigenvalue weighted by atomic mass is 35.5. The molecule has 1 atom stereocenters. The van der Waals surface area contributed by atoms with Crippen molar-refractivity contribution >= 4 is 33.0 Å². The van der Waals surface area contributed by atoms with Gasteiger partial charge in [-0.2, -0.15) is 0 Å². The Morgan fingerprint density at radius 1 is 1.12 bits per heavy atom. The van der Waals surface area contributed by atoms with Gasteiger partial charge in [-0.25, -0.2) is 8.42 Å². The molecule has 0 aliphatic heterocycles. The maximum atomic E-state index is 12.1. The van der Waals surface area contributed by atoms with Crippen LogP contribution >= 0.6 is 11.6 Å². The van der Waals surface area contributed by atoms with Gasteiger partial charge in [-0.3, -0.25) is 4.79 Å². The Hall–Kier alpha value is -2.05. The van der Waals surface area contributed by atoms with E-state index in [1.165, 1.54) is 12.1 Å². The number of sulfone groups is 1. The van der Waals surface area contributed by atoms with E-state index in [0.717, 1.165) is 0 Å². The summed E-state index contributed by atoms with van der Waals surface area (Å²) < 4.78 is 29.0. The standard InChI is InChI=1S/C17H18ClNO4S/c1-3-24(21,22)16-10-6-14(7-11-16)19-17(20)12(2)23-15-8-4-13(18)5-9-15/h4-12H,3H2,1-2H3,(H,19,20)/t12-/m0/s1. The molecule has 24 heavy (non-hydrogen) atoms. The Morgan fingerprint density at radius 3 is 2.25 bits per heavy atom. The number of ether oxygens (including phenoxy) is 1. The van der Waals surface area contributed by atoms with Gasteiger partial charge in [0.05, 0.1) is 10.6 Å². The molecule has 0 radical (unpaired) electrons. The molecule has 1 amide bonds. The van der Waals surface area contributed by atoms with Crippen LogP contribution in [0.4, 0.5) is 5.69 Å². The third kappa shape index (κ3) is 4.72. The summed E-state index contributed by atoms with van der Waals surface area (Å²) in [4.78, 5) is 12.4. The highest BCUT2D eigenvalue weighted by Crippen LogP contribution is 2.18. The van der Waals surface area contributed by atoms with Crippen molar-refractivity contribution in [2.75, 3.05) is 11.1 Å². The third-order valence-corrected chi connectivity index (χ3v) is 5.36. The number of hydrogen-bond acceptors (Lipinski definition) is 4. The topological polar surface area (TPSA) is 72.5 Å². The first-order valence-corrected chi connectivity index (χ1v) is 9.41. The molecule has 5 nitrogen and oxygen atoms in total. The van der Waals surface area contributed by atoms with E-state index in [4.69, 9.17) is 16.3 Å². The lowest BCUT2D eigenvalue weighted by atomic mass is 10.3. The number of benzene rings is 2. The highest BCUT2D eigenvalue weighted by Gasteiger charge is 2.16. The fourth-order valence-electron chi connectivity index (χ4n) is 1.93. The first-order chi connectivity index (χ1) is 11.3. The Morgan fingerprint density at radius 2 is 1.71 bits per heavy atom. The smallest absolute Gasteiger partial charge is 0.265 e. The number of carbonyl (C=O) groups is 1. The van der Waals surface area contributed by atoms with Crippen LogP contribution in [0.3, 0.4) is 0 Å². The fourth-order valence-corrected chi connectivity index (χ4v) is 2.94. The maximum Gasteiger partial charge on any atom is 0.265 e. The molecular weight excluding hydrogens is 350 g/mol. The molecule has 0 heterocycles. The molecule has 0 spiro atoms. The molecule has 0 fully saturated rings. The van der Waals surface area contributed by atoms with Crippen molar-refractivity contribution in [2.24, 2.45) is 0 Å². The van der Waals surface area contributed by atoms with Crippen molar-refractivity contribution in [3.8, 4) is 5.75 Å². The summed E-state index contributed by atoms with van der Waals surface area (Å²) >= 11 is 5.80. The third-order valence-electron chi connectivity index (χ3n) is 3.36. The zero-order valence-electron chi connectivity index (χ0n) is 13.3. The molecule has 0 saturated heterocycles. The molecule has 2 rings (SSSR count). The largest absolute Gasteiger partial charge is 0.481 e. The van der Waals surface area contributed by atoms with Gasteiger partial charge in [0, 0.05) is 10.7 Å². The van der Waals surface area contributed by atoms with E-state index in [9.17, 15) is 13.2 Å². The molecule has 0 aliphatic rings. The first-order valence-electron chi connectivity index (χ1n) is 7.37. The van der Waals surface area contributed by atoms with E-state index in [1.54, 1.807) is 50.2 Å². The monoisotopic (exact) mass is 367 g/mol. The van der Waals surface area contributed by atoms with Crippen molar-refractivity contribution < 1.29 is 17.9 Å². The maximum absolute atomic E-state index is 12.1. The van der Waals surface area contributed by atoms with Crippen LogP contribution < -0.4 is 10.1 Å². The van der Waals surface area contributed by atoms with Gasteiger partial charge in [-0.05, 0) is 55.5 Å². The lowest BCUT2D eigenvalue weighted by molar-refractivity contribution is -0.122. The average molecular weight is 368 g/mol. The number of carbonyl (C=O) groups excluding carboxylic acids is 1. The number of amides is 1. The summed E-state index contributed by atoms with van der Waals surface area (Å²) in [7, 11) is -3.25. The quantitative estimate of drug-likeness (QED) is 0.847. The molecule has 0 bridgehead atoms. The predicted molar refractivity (Wildman–Crippen MR) is 94.3 cm³/mol. The van der Waals surface area contributed by atoms with Crippen LogP contribution in [0.1, 0.15) is 13.8 Å². The second kappa shape index (κ2) is 7.68. The van der Waals surface area contributed by atoms with E-state index < -0.39 is 15.9 Å². The van der Waals surface area contributed by atoms with Crippen LogP contribution in [0.5, 0.6) is 5.75 Å². The molecule has 0 aromatic heterocycles. The number of halogens is 1. The van der Waals surface area contributed by atoms with E-state index in [-0.39, 0.29) is 16.6 Å². The summed E-state index contributed by atoms with van der Waals surface area (Å²) in [5, 5.41) is 3.27. The minimum Gasteiger partial charge on any atom is -0.481 e. The van der Waals surface area contributed by atoms with Gasteiger partial charge in [0.25, 0.3) is 5.91 Å². The highest BCUT2D eigenvalue weighted by molar-refractivity contribution is 7.91. The van der Waals surface area contributed by atoms with Gasteiger partial charge in [0.2, 0.25) is 0 Å². The Bertz CT molecular complexity index is 801. The zero-order valence-corrected chi connectivity index (χ0v) is 14.9. The molecule has 0 unspecified atom stereocenters. The molecule has 2 aromatic carbocycles. The van der Waals surface area contributed by atoms with Crippen molar-refractivity contribution in [1.29, 1.82) is 0 Å². The normalized spacial score (nSPS) is 12.5. The lowest BCUT2D eigenvalue weighted by Gasteiger charge is -2.15. The van der Waals surface area contributed by atoms with Gasteiger partial charge >= 0.3 is 0 Å². The number of hydrogen-bond donors (Lipinski definition) is 1. The molecule has 1 N–H and O–H groups in total. The van der Waals surface area contributed by atoms with Gasteiger partial charge in [-0.1, -0.05) is 18.5 Å². The van der Waals surface area contributed by atoms with Crippen LogP contribution in [-0.4, -0.2) is 26.2 Å². The van der Waals surface area contributed by atoms with Crippen LogP contribution in [-0.2, 0) is 14.6 Å². The van der Waals surface area contributed by atoms with Crippen molar-refractivity contribution in [2.45, 2.75) is 24.8 Å². The summed E-state index contributed by atoms with van der Waals surface area (Å²) in [5.74, 6) is 0.229. The van der Waals surface area contributed by atoms with Gasteiger partial charge in [-0.15, -0.1) is 0 Å². The predicted octanol–water partition coefficient (Wildman–Crippen LogP) is 3.54. The summed E-state index contributed by atoms with van der Waals surface area (Å²) in [6.07, 6.45) is -0.717. The molecular formula is C17H18ClNO4S. The van der Waals surface area contributed by atoms with Gasteiger partial charge in [0.1, 0.15) is 5.75 Å². The zero-order chi connectivity index (χ0) is 17.7. The van der Waals surface area contributed by atoms with Gasteiger partial charge < -0.3 is 10.1 Å². The van der Waals surface area contributed by atoms with Crippen LogP contribution in [0.15, 0.2) is 53.4 Å². The Labute approximate surface area is 146 Å². The number of anilines is 1. The Kier molecular flexibility index (Phi) is 5.85. The van der Waals surface area contributed by atoms with E-state index in [0.29, 0.717) is 16.5 Å².